The molecule has 0 N–H and O–H groups in total. The maximum Gasteiger partial charge on any atom is 0.0606 e. The van der Waals surface area contributed by atoms with Crippen molar-refractivity contribution >= 4 is 47.9 Å². The van der Waals surface area contributed by atoms with Gasteiger partial charge >= 0.3 is 0 Å². The summed E-state index contributed by atoms with van der Waals surface area (Å²) in [7, 11) is 0. The Morgan fingerprint density at radius 2 is 2.00 bits per heavy atom. The van der Waals surface area contributed by atoms with Crippen molar-refractivity contribution in [3.63, 3.8) is 0 Å². The van der Waals surface area contributed by atoms with Crippen molar-refractivity contribution < 1.29 is 0 Å². The van der Waals surface area contributed by atoms with E-state index in [2.05, 4.69) is 12.6 Å². The van der Waals surface area contributed by atoms with Crippen molar-refractivity contribution in [1.82, 2.24) is 0 Å². The van der Waals surface area contributed by atoms with Crippen LogP contribution in [0.1, 0.15) is 0 Å². The highest BCUT2D eigenvalue weighted by Crippen LogP contribution is 2.35. The van der Waals surface area contributed by atoms with E-state index in [0.29, 0.717) is 0 Å². The summed E-state index contributed by atoms with van der Waals surface area (Å²) in [5.74, 6) is 1.02. The van der Waals surface area contributed by atoms with Crippen LogP contribution in [0, 0.1) is 0 Å². The van der Waals surface area contributed by atoms with Gasteiger partial charge in [-0.1, -0.05) is 0 Å². The molecule has 4 heteroatoms. The zero-order chi connectivity index (χ0) is 5.82. The lowest BCUT2D eigenvalue weighted by Gasteiger charge is -2.17. The summed E-state index contributed by atoms with van der Waals surface area (Å²) in [6.45, 7) is 0. The minimum Gasteiger partial charge on any atom is -0.177 e. The van der Waals surface area contributed by atoms with Gasteiger partial charge in [0.05, 0.1) is 4.58 Å². The molecule has 0 saturated carbocycles. The predicted octanol–water partition coefficient (Wildman–Crippen LogP) is 2.37. The van der Waals surface area contributed by atoms with Crippen molar-refractivity contribution in [2.45, 2.75) is 4.58 Å². The molecule has 1 saturated heterocycles. The van der Waals surface area contributed by atoms with E-state index in [9.17, 15) is 0 Å². The van der Waals surface area contributed by atoms with Crippen molar-refractivity contribution in [3.8, 4) is 0 Å². The average molecular weight is 184 g/mol. The molecular formula is C4H8S4. The first-order valence-electron chi connectivity index (χ1n) is 2.35. The standard InChI is InChI=1S/C4H8S4/c5-1-4-7-2-6-3-8-4/h4-5H,1-3H2. The highest BCUT2D eigenvalue weighted by Gasteiger charge is 2.11. The van der Waals surface area contributed by atoms with Crippen LogP contribution in [-0.2, 0) is 0 Å². The van der Waals surface area contributed by atoms with Crippen LogP contribution in [0.2, 0.25) is 0 Å². The maximum atomic E-state index is 4.21. The second kappa shape index (κ2) is 4.25. The number of thioether (sulfide) groups is 3. The van der Waals surface area contributed by atoms with Gasteiger partial charge in [-0.05, 0) is 0 Å². The van der Waals surface area contributed by atoms with Crippen molar-refractivity contribution in [3.05, 3.63) is 0 Å². The number of hydrogen-bond donors (Lipinski definition) is 1. The molecule has 1 heterocycles. The fraction of sp³-hybridized carbons (Fsp3) is 1.00. The molecule has 0 aliphatic carbocycles. The Morgan fingerprint density at radius 3 is 2.38 bits per heavy atom. The first-order chi connectivity index (χ1) is 3.93. The highest BCUT2D eigenvalue weighted by atomic mass is 32.3. The first kappa shape index (κ1) is 7.51. The highest BCUT2D eigenvalue weighted by molar-refractivity contribution is 8.32. The molecule has 0 radical (unpaired) electrons. The summed E-state index contributed by atoms with van der Waals surface area (Å²) in [6.07, 6.45) is 0. The van der Waals surface area contributed by atoms with Gasteiger partial charge in [0.2, 0.25) is 0 Å². The Morgan fingerprint density at radius 1 is 1.38 bits per heavy atom. The van der Waals surface area contributed by atoms with E-state index in [-0.39, 0.29) is 0 Å². The summed E-state index contributed by atoms with van der Waals surface area (Å²) in [5, 5.41) is 2.52. The van der Waals surface area contributed by atoms with Crippen molar-refractivity contribution in [2.75, 3.05) is 15.9 Å². The van der Waals surface area contributed by atoms with Crippen LogP contribution >= 0.6 is 47.9 Å². The Kier molecular flexibility index (Phi) is 3.99. The molecule has 0 aromatic carbocycles. The maximum absolute atomic E-state index is 4.21. The first-order valence-corrected chi connectivity index (χ1v) is 6.24. The van der Waals surface area contributed by atoms with Crippen LogP contribution in [0.3, 0.4) is 0 Å². The van der Waals surface area contributed by atoms with E-state index in [1.54, 1.807) is 0 Å². The Labute approximate surface area is 68.4 Å². The van der Waals surface area contributed by atoms with Gasteiger partial charge in [-0.15, -0.1) is 35.3 Å². The summed E-state index contributed by atoms with van der Waals surface area (Å²) in [5.41, 5.74) is 0. The molecule has 0 atom stereocenters. The van der Waals surface area contributed by atoms with Crippen molar-refractivity contribution in [1.29, 1.82) is 0 Å². The SMILES string of the molecule is SCC1SCSCS1. The molecule has 0 aromatic rings. The summed E-state index contributed by atoms with van der Waals surface area (Å²) >= 11 is 10.2. The molecule has 1 rings (SSSR count). The van der Waals surface area contributed by atoms with E-state index in [1.807, 2.05) is 35.3 Å². The van der Waals surface area contributed by atoms with Gasteiger partial charge in [-0.3, -0.25) is 0 Å². The summed E-state index contributed by atoms with van der Waals surface area (Å²) < 4.78 is 0.764. The lowest BCUT2D eigenvalue weighted by molar-refractivity contribution is 1.46. The number of hydrogen-bond acceptors (Lipinski definition) is 4. The van der Waals surface area contributed by atoms with Crippen LogP contribution in [0.4, 0.5) is 0 Å². The van der Waals surface area contributed by atoms with Gasteiger partial charge in [0.15, 0.2) is 0 Å². The van der Waals surface area contributed by atoms with Gasteiger partial charge < -0.3 is 0 Å². The van der Waals surface area contributed by atoms with Crippen LogP contribution in [0.5, 0.6) is 0 Å². The largest absolute Gasteiger partial charge is 0.177 e. The third-order valence-electron chi connectivity index (χ3n) is 0.824. The number of rotatable bonds is 1. The van der Waals surface area contributed by atoms with Crippen LogP contribution in [-0.4, -0.2) is 20.5 Å². The normalized spacial score (nSPS) is 23.6. The Bertz CT molecular complexity index is 59.1. The summed E-state index contributed by atoms with van der Waals surface area (Å²) in [6, 6.07) is 0. The second-order valence-corrected chi connectivity index (χ2v) is 6.15. The second-order valence-electron chi connectivity index (χ2n) is 1.39. The van der Waals surface area contributed by atoms with E-state index in [1.165, 1.54) is 10.2 Å². The molecule has 0 aromatic heterocycles. The summed E-state index contributed by atoms with van der Waals surface area (Å²) in [4.78, 5) is 0. The van der Waals surface area contributed by atoms with Gasteiger partial charge in [0.25, 0.3) is 0 Å². The smallest absolute Gasteiger partial charge is 0.0606 e. The van der Waals surface area contributed by atoms with Gasteiger partial charge in [-0.2, -0.15) is 12.6 Å². The van der Waals surface area contributed by atoms with Gasteiger partial charge in [0, 0.05) is 15.9 Å². The zero-order valence-electron chi connectivity index (χ0n) is 4.37. The van der Waals surface area contributed by atoms with Crippen LogP contribution in [0.15, 0.2) is 0 Å². The van der Waals surface area contributed by atoms with E-state index in [4.69, 9.17) is 0 Å². The van der Waals surface area contributed by atoms with Crippen LogP contribution in [0.25, 0.3) is 0 Å². The topological polar surface area (TPSA) is 0 Å². The molecule has 0 bridgehead atoms. The Hall–Kier alpha value is 1.40. The minimum atomic E-state index is 0.764. The molecule has 0 nitrogen and oxygen atoms in total. The molecule has 48 valence electrons. The minimum absolute atomic E-state index is 0.764. The lowest BCUT2D eigenvalue weighted by atomic mass is 10.9. The van der Waals surface area contributed by atoms with Gasteiger partial charge in [-0.25, -0.2) is 0 Å². The monoisotopic (exact) mass is 184 g/mol. The molecule has 1 aliphatic heterocycles. The van der Waals surface area contributed by atoms with Gasteiger partial charge in [0.1, 0.15) is 0 Å². The Balaban J connectivity index is 2.13. The molecular weight excluding hydrogens is 176 g/mol. The molecule has 0 amide bonds. The lowest BCUT2D eigenvalue weighted by Crippen LogP contribution is -2.03. The van der Waals surface area contributed by atoms with E-state index >= 15 is 0 Å². The molecule has 0 spiro atoms. The van der Waals surface area contributed by atoms with E-state index < -0.39 is 0 Å². The predicted molar refractivity (Wildman–Crippen MR) is 50.1 cm³/mol. The van der Waals surface area contributed by atoms with Crippen LogP contribution < -0.4 is 0 Å². The third-order valence-corrected chi connectivity index (χ3v) is 6.00. The third kappa shape index (κ3) is 2.33. The molecule has 1 aliphatic rings. The number of thiol groups is 1. The van der Waals surface area contributed by atoms with Crippen molar-refractivity contribution in [2.24, 2.45) is 0 Å². The quantitative estimate of drug-likeness (QED) is 0.622. The molecule has 0 unspecified atom stereocenters. The zero-order valence-corrected chi connectivity index (χ0v) is 7.71. The average Bonchev–Trinajstić information content (AvgIpc) is 1.90. The van der Waals surface area contributed by atoms with E-state index in [0.717, 1.165) is 10.3 Å². The molecule has 1 fully saturated rings. The fourth-order valence-electron chi connectivity index (χ4n) is 0.436. The molecule has 8 heavy (non-hydrogen) atoms. The fourth-order valence-corrected chi connectivity index (χ4v) is 5.53.